The van der Waals surface area contributed by atoms with Gasteiger partial charge in [-0.3, -0.25) is 4.79 Å². The van der Waals surface area contributed by atoms with E-state index in [1.165, 1.54) is 5.56 Å². The van der Waals surface area contributed by atoms with Crippen molar-refractivity contribution in [1.29, 1.82) is 0 Å². The zero-order valence-electron chi connectivity index (χ0n) is 18.7. The summed E-state index contributed by atoms with van der Waals surface area (Å²) in [6.45, 7) is 2.88. The van der Waals surface area contributed by atoms with Crippen LogP contribution in [-0.4, -0.2) is 17.4 Å². The molecule has 0 atom stereocenters. The quantitative estimate of drug-likeness (QED) is 0.326. The fraction of sp³-hybridized carbons (Fsp3) is 0.143. The second kappa shape index (κ2) is 10.5. The second-order valence-electron chi connectivity index (χ2n) is 7.86. The van der Waals surface area contributed by atoms with Gasteiger partial charge >= 0.3 is 0 Å². The standard InChI is InChI=1S/C28H28N4O/c1-2-20-10-12-21(13-11-20)25-7-3-4-8-26(25)28(33)32-24-16-14-22(15-17-24)30-19-18-23-6-5-9-27(29)31-23/h3-17,30H,2,18-19H2,1H3,(H2,29,31)(H,32,33). The Bertz CT molecular complexity index is 1220. The molecule has 33 heavy (non-hydrogen) atoms. The Balaban J connectivity index is 1.39. The molecule has 0 saturated heterocycles. The largest absolute Gasteiger partial charge is 0.385 e. The average molecular weight is 437 g/mol. The molecule has 0 radical (unpaired) electrons. The Kier molecular flexibility index (Phi) is 7.00. The van der Waals surface area contributed by atoms with E-state index in [4.69, 9.17) is 5.73 Å². The van der Waals surface area contributed by atoms with Gasteiger partial charge in [0, 0.05) is 35.6 Å². The highest BCUT2D eigenvalue weighted by atomic mass is 16.1. The number of nitrogens with zero attached hydrogens (tertiary/aromatic N) is 1. The zero-order valence-corrected chi connectivity index (χ0v) is 18.7. The number of carbonyl (C=O) groups is 1. The first-order valence-corrected chi connectivity index (χ1v) is 11.2. The Morgan fingerprint density at radius 1 is 0.848 bits per heavy atom. The van der Waals surface area contributed by atoms with Crippen LogP contribution in [0, 0.1) is 0 Å². The molecular formula is C28H28N4O. The summed E-state index contributed by atoms with van der Waals surface area (Å²) in [7, 11) is 0. The number of nitrogens with two attached hydrogens (primary N) is 1. The van der Waals surface area contributed by atoms with Gasteiger partial charge in [0.05, 0.1) is 0 Å². The van der Waals surface area contributed by atoms with Crippen LogP contribution in [0.5, 0.6) is 0 Å². The Morgan fingerprint density at radius 2 is 1.58 bits per heavy atom. The van der Waals surface area contributed by atoms with Crippen LogP contribution >= 0.6 is 0 Å². The van der Waals surface area contributed by atoms with Gasteiger partial charge in [0.25, 0.3) is 5.91 Å². The predicted octanol–water partition coefficient (Wildman–Crippen LogP) is 5.80. The molecule has 0 aliphatic rings. The third-order valence-corrected chi connectivity index (χ3v) is 5.53. The monoisotopic (exact) mass is 436 g/mol. The molecule has 1 aromatic heterocycles. The molecule has 4 rings (SSSR count). The van der Waals surface area contributed by atoms with Gasteiger partial charge in [-0.05, 0) is 65.6 Å². The van der Waals surface area contributed by atoms with Crippen molar-refractivity contribution in [1.82, 2.24) is 4.98 Å². The van der Waals surface area contributed by atoms with Crippen molar-refractivity contribution in [2.45, 2.75) is 19.8 Å². The highest BCUT2D eigenvalue weighted by molar-refractivity contribution is 6.08. The third-order valence-electron chi connectivity index (χ3n) is 5.53. The number of hydrogen-bond donors (Lipinski definition) is 3. The number of aromatic nitrogens is 1. The third kappa shape index (κ3) is 5.77. The first-order chi connectivity index (χ1) is 16.1. The summed E-state index contributed by atoms with van der Waals surface area (Å²) in [5, 5.41) is 6.39. The second-order valence-corrected chi connectivity index (χ2v) is 7.86. The van der Waals surface area contributed by atoms with E-state index >= 15 is 0 Å². The van der Waals surface area contributed by atoms with E-state index in [-0.39, 0.29) is 5.91 Å². The van der Waals surface area contributed by atoms with E-state index in [2.05, 4.69) is 46.8 Å². The molecule has 1 heterocycles. The van der Waals surface area contributed by atoms with Crippen molar-refractivity contribution in [3.63, 3.8) is 0 Å². The molecule has 0 unspecified atom stereocenters. The van der Waals surface area contributed by atoms with Crippen LogP contribution in [-0.2, 0) is 12.8 Å². The molecule has 3 aromatic carbocycles. The Hall–Kier alpha value is -4.12. The molecule has 0 spiro atoms. The number of anilines is 3. The number of carbonyl (C=O) groups excluding carboxylic acids is 1. The highest BCUT2D eigenvalue weighted by Gasteiger charge is 2.12. The number of benzene rings is 3. The molecule has 5 heteroatoms. The molecule has 0 aliphatic heterocycles. The number of pyridine rings is 1. The molecule has 0 saturated carbocycles. The van der Waals surface area contributed by atoms with Crippen molar-refractivity contribution in [3.05, 3.63) is 108 Å². The topological polar surface area (TPSA) is 80.0 Å². The normalized spacial score (nSPS) is 10.6. The lowest BCUT2D eigenvalue weighted by atomic mass is 9.98. The molecule has 4 N–H and O–H groups in total. The van der Waals surface area contributed by atoms with E-state index in [0.29, 0.717) is 11.4 Å². The lowest BCUT2D eigenvalue weighted by Crippen LogP contribution is -2.13. The van der Waals surface area contributed by atoms with E-state index < -0.39 is 0 Å². The van der Waals surface area contributed by atoms with Gasteiger partial charge in [-0.15, -0.1) is 0 Å². The van der Waals surface area contributed by atoms with E-state index in [1.807, 2.05) is 60.7 Å². The molecular weight excluding hydrogens is 408 g/mol. The fourth-order valence-corrected chi connectivity index (χ4v) is 3.69. The zero-order chi connectivity index (χ0) is 23.0. The van der Waals surface area contributed by atoms with Crippen LogP contribution in [0.4, 0.5) is 17.2 Å². The lowest BCUT2D eigenvalue weighted by molar-refractivity contribution is 0.102. The summed E-state index contributed by atoms with van der Waals surface area (Å²) < 4.78 is 0. The number of nitrogens with one attached hydrogen (secondary N) is 2. The van der Waals surface area contributed by atoms with Crippen LogP contribution in [0.1, 0.15) is 28.5 Å². The summed E-state index contributed by atoms with van der Waals surface area (Å²) >= 11 is 0. The smallest absolute Gasteiger partial charge is 0.256 e. The maximum Gasteiger partial charge on any atom is 0.256 e. The summed E-state index contributed by atoms with van der Waals surface area (Å²) in [5.41, 5.74) is 12.3. The summed E-state index contributed by atoms with van der Waals surface area (Å²) in [5.74, 6) is 0.408. The fourth-order valence-electron chi connectivity index (χ4n) is 3.69. The summed E-state index contributed by atoms with van der Waals surface area (Å²) in [4.78, 5) is 17.3. The number of aryl methyl sites for hydroxylation is 1. The number of nitrogen functional groups attached to an aromatic ring is 1. The van der Waals surface area contributed by atoms with Gasteiger partial charge in [0.2, 0.25) is 0 Å². The van der Waals surface area contributed by atoms with Gasteiger partial charge in [-0.2, -0.15) is 0 Å². The maximum absolute atomic E-state index is 13.0. The Morgan fingerprint density at radius 3 is 2.30 bits per heavy atom. The molecule has 0 bridgehead atoms. The van der Waals surface area contributed by atoms with Crippen LogP contribution in [0.25, 0.3) is 11.1 Å². The lowest BCUT2D eigenvalue weighted by Gasteiger charge is -2.12. The number of rotatable bonds is 8. The van der Waals surface area contributed by atoms with Gasteiger partial charge in [-0.1, -0.05) is 55.5 Å². The maximum atomic E-state index is 13.0. The molecule has 5 nitrogen and oxygen atoms in total. The highest BCUT2D eigenvalue weighted by Crippen LogP contribution is 2.25. The van der Waals surface area contributed by atoms with E-state index in [1.54, 1.807) is 6.07 Å². The van der Waals surface area contributed by atoms with Crippen LogP contribution < -0.4 is 16.4 Å². The SMILES string of the molecule is CCc1ccc(-c2ccccc2C(=O)Nc2ccc(NCCc3cccc(N)n3)cc2)cc1. The minimum absolute atomic E-state index is 0.126. The van der Waals surface area contributed by atoms with Crippen molar-refractivity contribution in [2.24, 2.45) is 0 Å². The molecule has 166 valence electrons. The van der Waals surface area contributed by atoms with Crippen LogP contribution in [0.3, 0.4) is 0 Å². The van der Waals surface area contributed by atoms with Crippen molar-refractivity contribution in [3.8, 4) is 11.1 Å². The predicted molar refractivity (Wildman–Crippen MR) is 136 cm³/mol. The summed E-state index contributed by atoms with van der Waals surface area (Å²) in [6.07, 6.45) is 1.77. The first-order valence-electron chi connectivity index (χ1n) is 11.2. The van der Waals surface area contributed by atoms with Crippen molar-refractivity contribution >= 4 is 23.1 Å². The van der Waals surface area contributed by atoms with Gasteiger partial charge < -0.3 is 16.4 Å². The Labute approximate surface area is 194 Å². The van der Waals surface area contributed by atoms with Crippen LogP contribution in [0.2, 0.25) is 0 Å². The first kappa shape index (κ1) is 22.1. The van der Waals surface area contributed by atoms with Gasteiger partial charge in [0.15, 0.2) is 0 Å². The average Bonchev–Trinajstić information content (AvgIpc) is 2.85. The van der Waals surface area contributed by atoms with Crippen LogP contribution in [0.15, 0.2) is 91.0 Å². The molecule has 4 aromatic rings. The van der Waals surface area contributed by atoms with Gasteiger partial charge in [-0.25, -0.2) is 4.98 Å². The minimum atomic E-state index is -0.126. The van der Waals surface area contributed by atoms with E-state index in [0.717, 1.165) is 47.6 Å². The number of amides is 1. The summed E-state index contributed by atoms with van der Waals surface area (Å²) in [6, 6.07) is 29.4. The van der Waals surface area contributed by atoms with E-state index in [9.17, 15) is 4.79 Å². The van der Waals surface area contributed by atoms with Gasteiger partial charge in [0.1, 0.15) is 5.82 Å². The number of hydrogen-bond acceptors (Lipinski definition) is 4. The van der Waals surface area contributed by atoms with Crippen molar-refractivity contribution in [2.75, 3.05) is 22.9 Å². The minimum Gasteiger partial charge on any atom is -0.385 e. The molecule has 0 fully saturated rings. The molecule has 0 aliphatic carbocycles. The van der Waals surface area contributed by atoms with Crippen molar-refractivity contribution < 1.29 is 4.79 Å². The molecule has 1 amide bonds.